The normalized spacial score (nSPS) is 16.8. The molecule has 0 aliphatic heterocycles. The van der Waals surface area contributed by atoms with E-state index in [2.05, 4.69) is 16.9 Å². The van der Waals surface area contributed by atoms with Crippen LogP contribution in [0.15, 0.2) is 17.6 Å². The highest BCUT2D eigenvalue weighted by Gasteiger charge is 2.22. The molecule has 0 aromatic rings. The Labute approximate surface area is 78.9 Å². The molecule has 0 unspecified atom stereocenters. The average Bonchev–Trinajstić information content (AvgIpc) is 2.93. The van der Waals surface area contributed by atoms with E-state index >= 15 is 0 Å². The Bertz CT molecular complexity index is 229. The Kier molecular flexibility index (Phi) is 3.68. The van der Waals surface area contributed by atoms with Gasteiger partial charge in [0.15, 0.2) is 0 Å². The molecule has 1 aliphatic rings. The average molecular weight is 180 g/mol. The van der Waals surface area contributed by atoms with Crippen molar-refractivity contribution in [1.82, 2.24) is 5.32 Å². The zero-order valence-electron chi connectivity index (χ0n) is 8.05. The lowest BCUT2D eigenvalue weighted by Crippen LogP contribution is -2.31. The molecular formula is C10H16N2O. The van der Waals surface area contributed by atoms with Gasteiger partial charge in [0.2, 0.25) is 0 Å². The van der Waals surface area contributed by atoms with Gasteiger partial charge in [0.1, 0.15) is 5.71 Å². The zero-order valence-corrected chi connectivity index (χ0v) is 8.05. The van der Waals surface area contributed by atoms with Crippen molar-refractivity contribution in [2.24, 2.45) is 10.9 Å². The van der Waals surface area contributed by atoms with Crippen LogP contribution in [0.3, 0.4) is 0 Å². The van der Waals surface area contributed by atoms with Gasteiger partial charge in [-0.25, -0.2) is 0 Å². The molecule has 1 fully saturated rings. The first kappa shape index (κ1) is 9.96. The van der Waals surface area contributed by atoms with Crippen LogP contribution < -0.4 is 5.32 Å². The maximum atomic E-state index is 11.4. The number of aliphatic imine (C=N–C) groups is 1. The largest absolute Gasteiger partial charge is 0.350 e. The van der Waals surface area contributed by atoms with E-state index in [0.717, 1.165) is 6.54 Å². The van der Waals surface area contributed by atoms with Gasteiger partial charge in [-0.05, 0) is 31.8 Å². The first-order valence-electron chi connectivity index (χ1n) is 4.73. The maximum absolute atomic E-state index is 11.4. The van der Waals surface area contributed by atoms with E-state index in [1.54, 1.807) is 0 Å². The molecule has 3 heteroatoms. The summed E-state index contributed by atoms with van der Waals surface area (Å²) in [5.41, 5.74) is 0.447. The second-order valence-corrected chi connectivity index (χ2v) is 3.22. The standard InChI is InChI=1S/C10H16N2O/c1-3-9(11-4-2)10(13)12-7-8-5-6-8/h3,8H,1,4-7H2,2H3,(H,12,13)/b11-9+. The van der Waals surface area contributed by atoms with Crippen LogP contribution in [0.25, 0.3) is 0 Å². The smallest absolute Gasteiger partial charge is 0.269 e. The third kappa shape index (κ3) is 3.40. The summed E-state index contributed by atoms with van der Waals surface area (Å²) in [5, 5.41) is 2.84. The van der Waals surface area contributed by atoms with E-state index in [9.17, 15) is 4.79 Å². The Morgan fingerprint density at radius 2 is 2.38 bits per heavy atom. The second kappa shape index (κ2) is 4.80. The minimum absolute atomic E-state index is 0.0937. The minimum Gasteiger partial charge on any atom is -0.350 e. The summed E-state index contributed by atoms with van der Waals surface area (Å²) < 4.78 is 0. The molecule has 1 saturated carbocycles. The van der Waals surface area contributed by atoms with Crippen molar-refractivity contribution in [3.05, 3.63) is 12.7 Å². The third-order valence-electron chi connectivity index (χ3n) is 2.00. The van der Waals surface area contributed by atoms with Crippen LogP contribution in [0.1, 0.15) is 19.8 Å². The number of nitrogens with one attached hydrogen (secondary N) is 1. The summed E-state index contributed by atoms with van der Waals surface area (Å²) in [4.78, 5) is 15.4. The Morgan fingerprint density at radius 1 is 1.69 bits per heavy atom. The van der Waals surface area contributed by atoms with Crippen molar-refractivity contribution in [3.63, 3.8) is 0 Å². The highest BCUT2D eigenvalue weighted by atomic mass is 16.1. The molecule has 1 rings (SSSR count). The van der Waals surface area contributed by atoms with E-state index in [-0.39, 0.29) is 5.91 Å². The molecule has 3 nitrogen and oxygen atoms in total. The fraction of sp³-hybridized carbons (Fsp3) is 0.600. The van der Waals surface area contributed by atoms with E-state index in [4.69, 9.17) is 0 Å². The van der Waals surface area contributed by atoms with Gasteiger partial charge in [-0.2, -0.15) is 0 Å². The Hall–Kier alpha value is -1.12. The van der Waals surface area contributed by atoms with Crippen LogP contribution in [0.4, 0.5) is 0 Å². The summed E-state index contributed by atoms with van der Waals surface area (Å²) in [7, 11) is 0. The summed E-state index contributed by atoms with van der Waals surface area (Å²) in [6, 6.07) is 0. The Balaban J connectivity index is 2.33. The molecule has 1 amide bonds. The predicted molar refractivity (Wildman–Crippen MR) is 53.9 cm³/mol. The molecule has 1 aliphatic carbocycles. The molecule has 72 valence electrons. The van der Waals surface area contributed by atoms with Gasteiger partial charge < -0.3 is 5.32 Å². The summed E-state index contributed by atoms with van der Waals surface area (Å²) >= 11 is 0. The van der Waals surface area contributed by atoms with Gasteiger partial charge in [0.05, 0.1) is 0 Å². The quantitative estimate of drug-likeness (QED) is 0.634. The monoisotopic (exact) mass is 180 g/mol. The number of hydrogen-bond acceptors (Lipinski definition) is 2. The maximum Gasteiger partial charge on any atom is 0.269 e. The molecule has 0 spiro atoms. The molecule has 0 atom stereocenters. The summed E-state index contributed by atoms with van der Waals surface area (Å²) in [6.07, 6.45) is 4.00. The highest BCUT2D eigenvalue weighted by Crippen LogP contribution is 2.27. The van der Waals surface area contributed by atoms with Gasteiger partial charge in [-0.15, -0.1) is 0 Å². The van der Waals surface area contributed by atoms with Crippen LogP contribution in [-0.2, 0) is 4.79 Å². The van der Waals surface area contributed by atoms with Gasteiger partial charge >= 0.3 is 0 Å². The van der Waals surface area contributed by atoms with Crippen molar-refractivity contribution >= 4 is 11.6 Å². The molecule has 13 heavy (non-hydrogen) atoms. The van der Waals surface area contributed by atoms with Gasteiger partial charge in [0.25, 0.3) is 5.91 Å². The first-order valence-corrected chi connectivity index (χ1v) is 4.73. The number of carbonyl (C=O) groups is 1. The van der Waals surface area contributed by atoms with Crippen LogP contribution in [0.2, 0.25) is 0 Å². The summed E-state index contributed by atoms with van der Waals surface area (Å²) in [5.74, 6) is 0.611. The van der Waals surface area contributed by atoms with E-state index in [1.807, 2.05) is 6.92 Å². The molecule has 0 aromatic carbocycles. The number of hydrogen-bond donors (Lipinski definition) is 1. The van der Waals surface area contributed by atoms with Gasteiger partial charge in [-0.1, -0.05) is 6.58 Å². The van der Waals surface area contributed by atoms with Gasteiger partial charge in [-0.3, -0.25) is 9.79 Å². The lowest BCUT2D eigenvalue weighted by Gasteiger charge is -2.02. The Morgan fingerprint density at radius 3 is 2.85 bits per heavy atom. The minimum atomic E-state index is -0.0937. The van der Waals surface area contributed by atoms with Crippen molar-refractivity contribution in [2.45, 2.75) is 19.8 Å². The van der Waals surface area contributed by atoms with Crippen LogP contribution in [0.5, 0.6) is 0 Å². The number of nitrogens with zero attached hydrogens (tertiary/aromatic N) is 1. The van der Waals surface area contributed by atoms with Crippen molar-refractivity contribution in [1.29, 1.82) is 0 Å². The second-order valence-electron chi connectivity index (χ2n) is 3.22. The number of rotatable bonds is 5. The lowest BCUT2D eigenvalue weighted by atomic mass is 10.3. The zero-order chi connectivity index (χ0) is 9.68. The van der Waals surface area contributed by atoms with Crippen LogP contribution >= 0.6 is 0 Å². The fourth-order valence-electron chi connectivity index (χ4n) is 1.05. The predicted octanol–water partition coefficient (Wildman–Crippen LogP) is 1.16. The molecule has 0 saturated heterocycles. The highest BCUT2D eigenvalue weighted by molar-refractivity contribution is 6.43. The molecule has 0 heterocycles. The van der Waals surface area contributed by atoms with Crippen LogP contribution in [0, 0.1) is 5.92 Å². The molecular weight excluding hydrogens is 164 g/mol. The number of carbonyl (C=O) groups excluding carboxylic acids is 1. The van der Waals surface area contributed by atoms with E-state index < -0.39 is 0 Å². The van der Waals surface area contributed by atoms with Crippen LogP contribution in [-0.4, -0.2) is 24.7 Å². The molecule has 0 radical (unpaired) electrons. The third-order valence-corrected chi connectivity index (χ3v) is 2.00. The van der Waals surface area contributed by atoms with Crippen molar-refractivity contribution < 1.29 is 4.79 Å². The fourth-order valence-corrected chi connectivity index (χ4v) is 1.05. The van der Waals surface area contributed by atoms with E-state index in [1.165, 1.54) is 18.9 Å². The first-order chi connectivity index (χ1) is 6.27. The number of amides is 1. The molecule has 1 N–H and O–H groups in total. The molecule has 0 aromatic heterocycles. The van der Waals surface area contributed by atoms with E-state index in [0.29, 0.717) is 18.2 Å². The molecule has 0 bridgehead atoms. The summed E-state index contributed by atoms with van der Waals surface area (Å²) in [6.45, 7) is 6.86. The topological polar surface area (TPSA) is 41.5 Å². The van der Waals surface area contributed by atoms with Crippen molar-refractivity contribution in [2.75, 3.05) is 13.1 Å². The SMILES string of the molecule is C=C/C(=N\CC)C(=O)NCC1CC1. The van der Waals surface area contributed by atoms with Gasteiger partial charge in [0, 0.05) is 13.1 Å². The lowest BCUT2D eigenvalue weighted by molar-refractivity contribution is -0.114. The van der Waals surface area contributed by atoms with Crippen molar-refractivity contribution in [3.8, 4) is 0 Å².